The van der Waals surface area contributed by atoms with Gasteiger partial charge in [0.05, 0.1) is 5.56 Å². The lowest BCUT2D eigenvalue weighted by atomic mass is 10.2. The largest absolute Gasteiger partial charge is 0.452 e. The Morgan fingerprint density at radius 2 is 1.86 bits per heavy atom. The van der Waals surface area contributed by atoms with Gasteiger partial charge in [0.25, 0.3) is 5.91 Å². The van der Waals surface area contributed by atoms with E-state index in [4.69, 9.17) is 4.74 Å². The third-order valence-corrected chi connectivity index (χ3v) is 3.09. The summed E-state index contributed by atoms with van der Waals surface area (Å²) in [6.45, 7) is -0.537. The first-order chi connectivity index (χ1) is 10.5. The minimum atomic E-state index is -1.08. The zero-order chi connectivity index (χ0) is 16.1. The number of carbonyl (C=O) groups is 2. The van der Waals surface area contributed by atoms with Gasteiger partial charge in [0, 0.05) is 16.2 Å². The number of hydrogen-bond acceptors (Lipinski definition) is 3. The van der Waals surface area contributed by atoms with E-state index in [1.54, 1.807) is 24.3 Å². The van der Waals surface area contributed by atoms with E-state index in [2.05, 4.69) is 21.2 Å². The highest BCUT2D eigenvalue weighted by Crippen LogP contribution is 2.14. The minimum absolute atomic E-state index is 0.0717. The highest BCUT2D eigenvalue weighted by Gasteiger charge is 2.11. The molecule has 0 unspecified atom stereocenters. The molecule has 1 amide bonds. The summed E-state index contributed by atoms with van der Waals surface area (Å²) in [6.07, 6.45) is 0. The van der Waals surface area contributed by atoms with Crippen LogP contribution in [0.3, 0.4) is 0 Å². The minimum Gasteiger partial charge on any atom is -0.452 e. The molecule has 0 aromatic heterocycles. The molecule has 0 spiro atoms. The van der Waals surface area contributed by atoms with Crippen molar-refractivity contribution < 1.29 is 23.1 Å². The fraction of sp³-hybridized carbons (Fsp3) is 0.0667. The van der Waals surface area contributed by atoms with Crippen LogP contribution in [0.15, 0.2) is 46.9 Å². The number of ether oxygens (including phenoxy) is 1. The molecule has 0 saturated carbocycles. The number of nitrogens with one attached hydrogen (secondary N) is 1. The predicted molar refractivity (Wildman–Crippen MR) is 79.4 cm³/mol. The first-order valence-electron chi connectivity index (χ1n) is 6.13. The maximum atomic E-state index is 13.0. The van der Waals surface area contributed by atoms with Crippen molar-refractivity contribution in [2.45, 2.75) is 0 Å². The van der Waals surface area contributed by atoms with Crippen LogP contribution in [0.25, 0.3) is 0 Å². The lowest BCUT2D eigenvalue weighted by Crippen LogP contribution is -2.21. The Morgan fingerprint density at radius 3 is 2.55 bits per heavy atom. The van der Waals surface area contributed by atoms with Crippen LogP contribution in [0.5, 0.6) is 0 Å². The molecule has 0 aliphatic heterocycles. The summed E-state index contributed by atoms with van der Waals surface area (Å²) in [4.78, 5) is 23.3. The van der Waals surface area contributed by atoms with Crippen LogP contribution in [0, 0.1) is 11.6 Å². The summed E-state index contributed by atoms with van der Waals surface area (Å²) < 4.78 is 31.3. The van der Waals surface area contributed by atoms with Crippen molar-refractivity contribution in [3.05, 3.63) is 64.1 Å². The van der Waals surface area contributed by atoms with E-state index in [0.29, 0.717) is 4.47 Å². The van der Waals surface area contributed by atoms with Crippen molar-refractivity contribution in [3.63, 3.8) is 0 Å². The zero-order valence-electron chi connectivity index (χ0n) is 11.1. The van der Waals surface area contributed by atoms with E-state index >= 15 is 0 Å². The van der Waals surface area contributed by atoms with Gasteiger partial charge in [0.15, 0.2) is 18.2 Å². The van der Waals surface area contributed by atoms with Crippen LogP contribution in [0.4, 0.5) is 14.5 Å². The van der Waals surface area contributed by atoms with E-state index < -0.39 is 30.1 Å². The molecule has 0 aliphatic rings. The molecule has 0 aliphatic carbocycles. The van der Waals surface area contributed by atoms with Gasteiger partial charge in [-0.2, -0.15) is 0 Å². The third-order valence-electron chi connectivity index (χ3n) is 2.60. The Balaban J connectivity index is 1.90. The summed E-state index contributed by atoms with van der Waals surface area (Å²) in [5.41, 5.74) is 0.359. The van der Waals surface area contributed by atoms with E-state index in [1.165, 1.54) is 6.07 Å². The SMILES string of the molecule is O=C(COC(=O)c1cccc(Br)c1)Nc1ccc(F)c(F)c1. The van der Waals surface area contributed by atoms with E-state index in [-0.39, 0.29) is 11.3 Å². The second-order valence-corrected chi connectivity index (χ2v) is 5.18. The molecule has 1 N–H and O–H groups in total. The summed E-state index contributed by atoms with van der Waals surface area (Å²) in [7, 11) is 0. The Kier molecular flexibility index (Phi) is 5.21. The van der Waals surface area contributed by atoms with Crippen molar-refractivity contribution in [2.75, 3.05) is 11.9 Å². The number of hydrogen-bond donors (Lipinski definition) is 1. The second kappa shape index (κ2) is 7.13. The Bertz CT molecular complexity index is 722. The van der Waals surface area contributed by atoms with Gasteiger partial charge in [-0.3, -0.25) is 4.79 Å². The molecule has 0 atom stereocenters. The van der Waals surface area contributed by atoms with Gasteiger partial charge in [-0.15, -0.1) is 0 Å². The van der Waals surface area contributed by atoms with Crippen molar-refractivity contribution in [2.24, 2.45) is 0 Å². The molecule has 7 heteroatoms. The highest BCUT2D eigenvalue weighted by molar-refractivity contribution is 9.10. The average molecular weight is 370 g/mol. The third kappa shape index (κ3) is 4.36. The van der Waals surface area contributed by atoms with Crippen LogP contribution < -0.4 is 5.32 Å². The van der Waals surface area contributed by atoms with Crippen LogP contribution in [-0.2, 0) is 9.53 Å². The van der Waals surface area contributed by atoms with Gasteiger partial charge in [-0.1, -0.05) is 22.0 Å². The number of anilines is 1. The first-order valence-corrected chi connectivity index (χ1v) is 6.92. The topological polar surface area (TPSA) is 55.4 Å². The maximum Gasteiger partial charge on any atom is 0.338 e. The summed E-state index contributed by atoms with van der Waals surface area (Å²) >= 11 is 3.21. The molecule has 2 rings (SSSR count). The summed E-state index contributed by atoms with van der Waals surface area (Å²) in [5.74, 6) is -3.42. The Hall–Kier alpha value is -2.28. The quantitative estimate of drug-likeness (QED) is 0.838. The average Bonchev–Trinajstić information content (AvgIpc) is 2.48. The molecule has 22 heavy (non-hydrogen) atoms. The molecule has 114 valence electrons. The Morgan fingerprint density at radius 1 is 1.09 bits per heavy atom. The predicted octanol–water partition coefficient (Wildman–Crippen LogP) is 3.52. The van der Waals surface area contributed by atoms with E-state index in [0.717, 1.165) is 12.1 Å². The van der Waals surface area contributed by atoms with Gasteiger partial charge in [0.1, 0.15) is 0 Å². The summed E-state index contributed by atoms with van der Waals surface area (Å²) in [5, 5.41) is 2.30. The van der Waals surface area contributed by atoms with Crippen molar-refractivity contribution >= 4 is 33.5 Å². The molecule has 0 radical (unpaired) electrons. The number of amides is 1. The van der Waals surface area contributed by atoms with Gasteiger partial charge < -0.3 is 10.1 Å². The zero-order valence-corrected chi connectivity index (χ0v) is 12.7. The second-order valence-electron chi connectivity index (χ2n) is 4.26. The van der Waals surface area contributed by atoms with E-state index in [9.17, 15) is 18.4 Å². The molecule has 4 nitrogen and oxygen atoms in total. The van der Waals surface area contributed by atoms with Crippen LogP contribution in [0.2, 0.25) is 0 Å². The first kappa shape index (κ1) is 16.1. The number of halogens is 3. The van der Waals surface area contributed by atoms with Crippen molar-refractivity contribution in [3.8, 4) is 0 Å². The fourth-order valence-electron chi connectivity index (χ4n) is 1.60. The lowest BCUT2D eigenvalue weighted by molar-refractivity contribution is -0.119. The lowest BCUT2D eigenvalue weighted by Gasteiger charge is -2.07. The van der Waals surface area contributed by atoms with Crippen LogP contribution in [-0.4, -0.2) is 18.5 Å². The van der Waals surface area contributed by atoms with Gasteiger partial charge in [-0.05, 0) is 30.3 Å². The summed E-state index contributed by atoms with van der Waals surface area (Å²) in [6, 6.07) is 9.42. The van der Waals surface area contributed by atoms with E-state index in [1.807, 2.05) is 0 Å². The van der Waals surface area contributed by atoms with Crippen LogP contribution in [0.1, 0.15) is 10.4 Å². The molecule has 2 aromatic rings. The van der Waals surface area contributed by atoms with Gasteiger partial charge in [-0.25, -0.2) is 13.6 Å². The molecular weight excluding hydrogens is 360 g/mol. The fourth-order valence-corrected chi connectivity index (χ4v) is 2.00. The molecule has 0 fully saturated rings. The Labute approximate surface area is 133 Å². The van der Waals surface area contributed by atoms with Crippen LogP contribution >= 0.6 is 15.9 Å². The number of esters is 1. The van der Waals surface area contributed by atoms with Crippen molar-refractivity contribution in [1.29, 1.82) is 0 Å². The molecule has 0 bridgehead atoms. The standard InChI is InChI=1S/C15H10BrF2NO3/c16-10-3-1-2-9(6-10)15(21)22-8-14(20)19-11-4-5-12(17)13(18)7-11/h1-7H,8H2,(H,19,20). The van der Waals surface area contributed by atoms with Gasteiger partial charge >= 0.3 is 5.97 Å². The monoisotopic (exact) mass is 369 g/mol. The molecule has 0 heterocycles. The van der Waals surface area contributed by atoms with Crippen molar-refractivity contribution in [1.82, 2.24) is 0 Å². The normalized spacial score (nSPS) is 10.1. The molecule has 0 saturated heterocycles. The maximum absolute atomic E-state index is 13.0. The smallest absolute Gasteiger partial charge is 0.338 e. The number of benzene rings is 2. The molecule has 2 aromatic carbocycles. The molecular formula is C15H10BrF2NO3. The number of carbonyl (C=O) groups excluding carboxylic acids is 2. The number of rotatable bonds is 4. The van der Waals surface area contributed by atoms with Gasteiger partial charge in [0.2, 0.25) is 0 Å². The highest BCUT2D eigenvalue weighted by atomic mass is 79.9.